The summed E-state index contributed by atoms with van der Waals surface area (Å²) in [6.07, 6.45) is 0. The Bertz CT molecular complexity index is 3270. The summed E-state index contributed by atoms with van der Waals surface area (Å²) in [5.41, 5.74) is 16.2. The highest BCUT2D eigenvalue weighted by atomic mass is 32.2. The van der Waals surface area contributed by atoms with E-state index in [1.807, 2.05) is 35.7 Å². The lowest BCUT2D eigenvalue weighted by atomic mass is 9.81. The normalized spacial score (nSPS) is 13.5. The number of nitrogens with zero attached hydrogens (tertiary/aromatic N) is 3. The lowest BCUT2D eigenvalue weighted by molar-refractivity contribution is 0.658. The van der Waals surface area contributed by atoms with Crippen LogP contribution in [-0.2, 0) is 5.41 Å². The summed E-state index contributed by atoms with van der Waals surface area (Å²) >= 11 is 3.80. The van der Waals surface area contributed by atoms with Gasteiger partial charge in [-0.05, 0) is 112 Å². The molecule has 0 N–H and O–H groups in total. The van der Waals surface area contributed by atoms with Crippen LogP contribution < -0.4 is 0 Å². The van der Waals surface area contributed by atoms with Crippen LogP contribution in [0, 0.1) is 0 Å². The van der Waals surface area contributed by atoms with Crippen molar-refractivity contribution in [3.63, 3.8) is 0 Å². The Morgan fingerprint density at radius 3 is 1.65 bits per heavy atom. The zero-order chi connectivity index (χ0) is 40.0. The lowest BCUT2D eigenvalue weighted by Crippen LogP contribution is -2.15. The molecule has 0 unspecified atom stereocenters. The van der Waals surface area contributed by atoms with E-state index in [9.17, 15) is 0 Å². The van der Waals surface area contributed by atoms with Crippen molar-refractivity contribution in [2.24, 2.45) is 0 Å². The Labute approximate surface area is 357 Å². The van der Waals surface area contributed by atoms with E-state index in [1.165, 1.54) is 74.8 Å². The van der Waals surface area contributed by atoms with Crippen LogP contribution in [0.25, 0.3) is 83.6 Å². The van der Waals surface area contributed by atoms with E-state index in [1.54, 1.807) is 0 Å². The smallest absolute Gasteiger partial charge is 0.160 e. The molecule has 5 heteroatoms. The zero-order valence-electron chi connectivity index (χ0n) is 33.1. The Kier molecular flexibility index (Phi) is 8.06. The molecular formula is C55H37N3S2. The molecule has 60 heavy (non-hydrogen) atoms. The third-order valence-electron chi connectivity index (χ3n) is 12.3. The number of benzene rings is 8. The van der Waals surface area contributed by atoms with Gasteiger partial charge in [0.1, 0.15) is 0 Å². The fourth-order valence-corrected chi connectivity index (χ4v) is 11.5. The van der Waals surface area contributed by atoms with Gasteiger partial charge in [-0.15, -0.1) is 0 Å². The minimum atomic E-state index is -0.110. The first-order chi connectivity index (χ1) is 29.5. The number of para-hydroxylation sites is 1. The molecule has 2 aromatic heterocycles. The number of rotatable bonds is 5. The quantitative estimate of drug-likeness (QED) is 0.173. The summed E-state index contributed by atoms with van der Waals surface area (Å²) < 4.78 is 2.38. The highest BCUT2D eigenvalue weighted by molar-refractivity contribution is 8.05. The second kappa shape index (κ2) is 13.7. The maximum absolute atomic E-state index is 5.08. The minimum Gasteiger partial charge on any atom is -0.309 e. The van der Waals surface area contributed by atoms with E-state index < -0.39 is 0 Å². The van der Waals surface area contributed by atoms with E-state index in [0.717, 1.165) is 33.8 Å². The van der Waals surface area contributed by atoms with E-state index >= 15 is 0 Å². The van der Waals surface area contributed by atoms with Crippen molar-refractivity contribution >= 4 is 45.3 Å². The van der Waals surface area contributed by atoms with Gasteiger partial charge in [-0.2, -0.15) is 0 Å². The van der Waals surface area contributed by atoms with Gasteiger partial charge in [0.15, 0.2) is 5.82 Å². The van der Waals surface area contributed by atoms with Gasteiger partial charge < -0.3 is 4.57 Å². The van der Waals surface area contributed by atoms with Crippen LogP contribution in [0.5, 0.6) is 0 Å². The fourth-order valence-electron chi connectivity index (χ4n) is 9.22. The summed E-state index contributed by atoms with van der Waals surface area (Å²) in [6.45, 7) is 4.78. The van der Waals surface area contributed by atoms with Crippen LogP contribution >= 0.6 is 23.5 Å². The summed E-state index contributed by atoms with van der Waals surface area (Å²) in [7, 11) is 0. The molecule has 0 fully saturated rings. The van der Waals surface area contributed by atoms with E-state index in [4.69, 9.17) is 9.97 Å². The van der Waals surface area contributed by atoms with E-state index in [-0.39, 0.29) is 5.41 Å². The van der Waals surface area contributed by atoms with Gasteiger partial charge in [0.05, 0.1) is 22.4 Å². The SMILES string of the molecule is CC1(C)c2cc(-c3ccc4c(c3)c3ccccc3n4-c3ccc(-c4nc(-c5ccccc5)cc(-c5ccccc5)n4)cc3)ccc2-c2cc3c(cc21)Sc1ccccc1S3. The molecule has 8 aromatic carbocycles. The number of fused-ring (bicyclic) bond motifs is 8. The van der Waals surface area contributed by atoms with Gasteiger partial charge in [0.25, 0.3) is 0 Å². The highest BCUT2D eigenvalue weighted by Gasteiger charge is 2.37. The van der Waals surface area contributed by atoms with Crippen molar-refractivity contribution in [2.45, 2.75) is 38.8 Å². The molecule has 3 nitrogen and oxygen atoms in total. The first-order valence-electron chi connectivity index (χ1n) is 20.4. The standard InChI is InChI=1S/C55H37N3S2/c1-55(2)44-30-38(23-27-40(44)42-31-52-53(32-45(42)55)60-51-20-12-11-19-50(51)59-52)37-24-28-49-43(29-37)41-17-9-10-18-48(41)58(49)39-25-21-36(22-26-39)54-56-46(34-13-5-3-6-14-34)33-47(57-54)35-15-7-4-8-16-35/h3-33H,1-2H3. The Hall–Kier alpha value is -6.66. The predicted molar refractivity (Wildman–Crippen MR) is 250 cm³/mol. The van der Waals surface area contributed by atoms with Crippen molar-refractivity contribution in [1.29, 1.82) is 0 Å². The van der Waals surface area contributed by atoms with Crippen molar-refractivity contribution < 1.29 is 0 Å². The number of hydrogen-bond donors (Lipinski definition) is 0. The fraction of sp³-hybridized carbons (Fsp3) is 0.0545. The van der Waals surface area contributed by atoms with Crippen LogP contribution in [0.3, 0.4) is 0 Å². The van der Waals surface area contributed by atoms with Crippen LogP contribution in [0.2, 0.25) is 0 Å². The molecule has 1 aliphatic carbocycles. The van der Waals surface area contributed by atoms with Crippen molar-refractivity contribution in [3.05, 3.63) is 199 Å². The molecule has 0 saturated heterocycles. The number of aromatic nitrogens is 3. The predicted octanol–water partition coefficient (Wildman–Crippen LogP) is 15.2. The van der Waals surface area contributed by atoms with Crippen LogP contribution in [0.1, 0.15) is 25.0 Å². The topological polar surface area (TPSA) is 30.7 Å². The van der Waals surface area contributed by atoms with Crippen molar-refractivity contribution in [3.8, 4) is 61.8 Å². The maximum Gasteiger partial charge on any atom is 0.160 e. The zero-order valence-corrected chi connectivity index (χ0v) is 34.7. The van der Waals surface area contributed by atoms with Crippen molar-refractivity contribution in [1.82, 2.24) is 14.5 Å². The Morgan fingerprint density at radius 1 is 0.400 bits per heavy atom. The third kappa shape index (κ3) is 5.68. The molecule has 0 saturated carbocycles. The minimum absolute atomic E-state index is 0.110. The lowest BCUT2D eigenvalue weighted by Gasteiger charge is -2.24. The molecule has 0 amide bonds. The highest BCUT2D eigenvalue weighted by Crippen LogP contribution is 2.56. The summed E-state index contributed by atoms with van der Waals surface area (Å²) in [6, 6.07) is 68.0. The first kappa shape index (κ1) is 35.3. The molecule has 1 aliphatic heterocycles. The molecule has 12 rings (SSSR count). The molecule has 0 radical (unpaired) electrons. The van der Waals surface area contributed by atoms with Gasteiger partial charge >= 0.3 is 0 Å². The third-order valence-corrected chi connectivity index (χ3v) is 14.8. The summed E-state index contributed by atoms with van der Waals surface area (Å²) in [5, 5.41) is 2.48. The molecule has 0 bridgehead atoms. The molecule has 2 aliphatic rings. The van der Waals surface area contributed by atoms with Crippen LogP contribution in [-0.4, -0.2) is 14.5 Å². The second-order valence-electron chi connectivity index (χ2n) is 16.2. The van der Waals surface area contributed by atoms with Gasteiger partial charge in [-0.25, -0.2) is 9.97 Å². The molecule has 3 heterocycles. The maximum atomic E-state index is 5.08. The number of hydrogen-bond acceptors (Lipinski definition) is 4. The second-order valence-corrected chi connectivity index (χ2v) is 18.4. The summed E-state index contributed by atoms with van der Waals surface area (Å²) in [4.78, 5) is 15.6. The summed E-state index contributed by atoms with van der Waals surface area (Å²) in [5.74, 6) is 0.706. The average Bonchev–Trinajstić information content (AvgIpc) is 3.75. The van der Waals surface area contributed by atoms with Gasteiger partial charge in [-0.1, -0.05) is 147 Å². The monoisotopic (exact) mass is 803 g/mol. The first-order valence-corrected chi connectivity index (χ1v) is 22.0. The molecular weight excluding hydrogens is 767 g/mol. The molecule has 10 aromatic rings. The van der Waals surface area contributed by atoms with Crippen LogP contribution in [0.4, 0.5) is 0 Å². The molecule has 0 spiro atoms. The van der Waals surface area contributed by atoms with Gasteiger partial charge in [0, 0.05) is 58.1 Å². The van der Waals surface area contributed by atoms with Crippen LogP contribution in [0.15, 0.2) is 208 Å². The Morgan fingerprint density at radius 2 is 0.950 bits per heavy atom. The van der Waals surface area contributed by atoms with Gasteiger partial charge in [0.2, 0.25) is 0 Å². The Balaban J connectivity index is 0.913. The van der Waals surface area contributed by atoms with Crippen molar-refractivity contribution in [2.75, 3.05) is 0 Å². The van der Waals surface area contributed by atoms with E-state index in [2.05, 4.69) is 194 Å². The average molecular weight is 804 g/mol. The molecule has 284 valence electrons. The van der Waals surface area contributed by atoms with E-state index in [0.29, 0.717) is 5.82 Å². The molecule has 0 atom stereocenters. The largest absolute Gasteiger partial charge is 0.309 e. The van der Waals surface area contributed by atoms with Gasteiger partial charge in [-0.3, -0.25) is 0 Å².